The fourth-order valence-corrected chi connectivity index (χ4v) is 4.29. The summed E-state index contributed by atoms with van der Waals surface area (Å²) in [5.74, 6) is 0.104. The second-order valence-electron chi connectivity index (χ2n) is 6.78. The Bertz CT molecular complexity index is 834. The summed E-state index contributed by atoms with van der Waals surface area (Å²) in [4.78, 5) is 33.0. The largest absolute Gasteiger partial charge is 0.450 e. The second kappa shape index (κ2) is 8.22. The van der Waals surface area contributed by atoms with E-state index in [1.807, 2.05) is 36.8 Å². The van der Waals surface area contributed by atoms with Gasteiger partial charge < -0.3 is 9.64 Å². The number of nitrogens with zero attached hydrogens (tertiary/aromatic N) is 4. The van der Waals surface area contributed by atoms with Crippen LogP contribution >= 0.6 is 11.3 Å². The van der Waals surface area contributed by atoms with Crippen LogP contribution in [0, 0.1) is 20.8 Å². The van der Waals surface area contributed by atoms with Crippen molar-refractivity contribution >= 4 is 23.2 Å². The van der Waals surface area contributed by atoms with Crippen LogP contribution in [0.1, 0.15) is 34.4 Å². The monoisotopic (exact) mass is 390 g/mol. The highest BCUT2D eigenvalue weighted by Crippen LogP contribution is 2.24. The highest BCUT2D eigenvalue weighted by Gasteiger charge is 2.25. The highest BCUT2D eigenvalue weighted by atomic mass is 32.1. The third kappa shape index (κ3) is 4.22. The standard InChI is InChI=1S/C19H26N4O3S/c1-5-26-19(25)22-8-6-21(7-9-22)11-17(24)16-10-14(3)23(15(16)4)18-20-13(2)12-27-18/h10,12H,5-9,11H2,1-4H3. The van der Waals surface area contributed by atoms with E-state index >= 15 is 0 Å². The summed E-state index contributed by atoms with van der Waals surface area (Å²) in [6, 6.07) is 1.95. The highest BCUT2D eigenvalue weighted by molar-refractivity contribution is 7.12. The number of piperazine rings is 1. The number of rotatable bonds is 5. The third-order valence-corrected chi connectivity index (χ3v) is 5.74. The number of ketones is 1. The van der Waals surface area contributed by atoms with E-state index in [1.54, 1.807) is 23.2 Å². The zero-order valence-corrected chi connectivity index (χ0v) is 17.1. The van der Waals surface area contributed by atoms with Gasteiger partial charge >= 0.3 is 6.09 Å². The topological polar surface area (TPSA) is 67.7 Å². The van der Waals surface area contributed by atoms with E-state index in [4.69, 9.17) is 4.74 Å². The third-order valence-electron chi connectivity index (χ3n) is 4.80. The molecule has 0 aliphatic carbocycles. The number of thiazole rings is 1. The van der Waals surface area contributed by atoms with E-state index in [1.165, 1.54) is 0 Å². The molecule has 0 bridgehead atoms. The van der Waals surface area contributed by atoms with E-state index in [-0.39, 0.29) is 11.9 Å². The number of aromatic nitrogens is 2. The van der Waals surface area contributed by atoms with Crippen molar-refractivity contribution in [2.24, 2.45) is 0 Å². The van der Waals surface area contributed by atoms with Gasteiger partial charge in [-0.1, -0.05) is 0 Å². The molecule has 0 atom stereocenters. The maximum absolute atomic E-state index is 12.9. The molecule has 0 N–H and O–H groups in total. The molecule has 2 aromatic rings. The zero-order chi connectivity index (χ0) is 19.6. The van der Waals surface area contributed by atoms with E-state index in [0.717, 1.165) is 27.8 Å². The number of hydrogen-bond acceptors (Lipinski definition) is 6. The van der Waals surface area contributed by atoms with Gasteiger partial charge in [-0.3, -0.25) is 14.3 Å². The Balaban J connectivity index is 1.65. The van der Waals surface area contributed by atoms with Gasteiger partial charge in [-0.05, 0) is 33.8 Å². The Morgan fingerprint density at radius 3 is 2.48 bits per heavy atom. The summed E-state index contributed by atoms with van der Waals surface area (Å²) in [6.07, 6.45) is -0.272. The van der Waals surface area contributed by atoms with Crippen molar-refractivity contribution in [3.05, 3.63) is 34.1 Å². The number of amides is 1. The van der Waals surface area contributed by atoms with Crippen LogP contribution in [0.15, 0.2) is 11.4 Å². The smallest absolute Gasteiger partial charge is 0.409 e. The lowest BCUT2D eigenvalue weighted by atomic mass is 10.1. The number of hydrogen-bond donors (Lipinski definition) is 0. The predicted octanol–water partition coefficient (Wildman–Crippen LogP) is 2.82. The van der Waals surface area contributed by atoms with Gasteiger partial charge in [0.2, 0.25) is 0 Å². The summed E-state index contributed by atoms with van der Waals surface area (Å²) in [5.41, 5.74) is 3.66. The molecule has 8 heteroatoms. The fraction of sp³-hybridized carbons (Fsp3) is 0.526. The molecule has 1 aliphatic heterocycles. The first-order chi connectivity index (χ1) is 12.9. The van der Waals surface area contributed by atoms with Crippen LogP contribution in [-0.2, 0) is 4.74 Å². The Kier molecular flexibility index (Phi) is 5.96. The molecule has 3 rings (SSSR count). The molecule has 0 radical (unpaired) electrons. The molecule has 1 saturated heterocycles. The van der Waals surface area contributed by atoms with E-state index in [2.05, 4.69) is 9.88 Å². The molecule has 0 saturated carbocycles. The number of ether oxygens (including phenoxy) is 1. The van der Waals surface area contributed by atoms with E-state index in [0.29, 0.717) is 39.3 Å². The molecule has 1 fully saturated rings. The molecule has 1 aliphatic rings. The fourth-order valence-electron chi connectivity index (χ4n) is 3.38. The second-order valence-corrected chi connectivity index (χ2v) is 7.61. The maximum atomic E-state index is 12.9. The summed E-state index contributed by atoms with van der Waals surface area (Å²) in [6.45, 7) is 11.0. The average molecular weight is 391 g/mol. The number of aryl methyl sites for hydroxylation is 2. The molecule has 3 heterocycles. The first kappa shape index (κ1) is 19.6. The van der Waals surface area contributed by atoms with Crippen LogP contribution in [0.5, 0.6) is 0 Å². The molecule has 146 valence electrons. The summed E-state index contributed by atoms with van der Waals surface area (Å²) < 4.78 is 7.08. The lowest BCUT2D eigenvalue weighted by molar-refractivity contribution is 0.0733. The predicted molar refractivity (Wildman–Crippen MR) is 105 cm³/mol. The van der Waals surface area contributed by atoms with Gasteiger partial charge in [0.15, 0.2) is 10.9 Å². The molecule has 27 heavy (non-hydrogen) atoms. The first-order valence-electron chi connectivity index (χ1n) is 9.19. The van der Waals surface area contributed by atoms with Gasteiger partial charge in [-0.15, -0.1) is 11.3 Å². The normalized spacial score (nSPS) is 15.2. The van der Waals surface area contributed by atoms with Crippen LogP contribution in [0.4, 0.5) is 4.79 Å². The van der Waals surface area contributed by atoms with Crippen molar-refractivity contribution in [3.63, 3.8) is 0 Å². The van der Waals surface area contributed by atoms with Crippen molar-refractivity contribution < 1.29 is 14.3 Å². The Morgan fingerprint density at radius 2 is 1.89 bits per heavy atom. The van der Waals surface area contributed by atoms with Gasteiger partial charge in [0.25, 0.3) is 0 Å². The van der Waals surface area contributed by atoms with Gasteiger partial charge in [0, 0.05) is 48.5 Å². The Hall–Kier alpha value is -2.19. The lowest BCUT2D eigenvalue weighted by Crippen LogP contribution is -2.50. The zero-order valence-electron chi connectivity index (χ0n) is 16.3. The van der Waals surface area contributed by atoms with Gasteiger partial charge in [-0.2, -0.15) is 0 Å². The van der Waals surface area contributed by atoms with Crippen LogP contribution in [-0.4, -0.2) is 70.6 Å². The van der Waals surface area contributed by atoms with Crippen LogP contribution in [0.25, 0.3) is 5.13 Å². The minimum Gasteiger partial charge on any atom is -0.450 e. The minimum absolute atomic E-state index is 0.104. The van der Waals surface area contributed by atoms with Crippen LogP contribution in [0.2, 0.25) is 0 Å². The van der Waals surface area contributed by atoms with Crippen LogP contribution < -0.4 is 0 Å². The molecule has 7 nitrogen and oxygen atoms in total. The summed E-state index contributed by atoms with van der Waals surface area (Å²) in [7, 11) is 0. The molecular formula is C19H26N4O3S. The SMILES string of the molecule is CCOC(=O)N1CCN(CC(=O)c2cc(C)n(-c3nc(C)cs3)c2C)CC1. The van der Waals surface area contributed by atoms with Crippen molar-refractivity contribution in [3.8, 4) is 5.13 Å². The van der Waals surface area contributed by atoms with E-state index < -0.39 is 0 Å². The van der Waals surface area contributed by atoms with Crippen molar-refractivity contribution in [1.29, 1.82) is 0 Å². The van der Waals surface area contributed by atoms with Gasteiger partial charge in [-0.25, -0.2) is 9.78 Å². The van der Waals surface area contributed by atoms with E-state index in [9.17, 15) is 9.59 Å². The molecular weight excluding hydrogens is 364 g/mol. The van der Waals surface area contributed by atoms with Crippen LogP contribution in [0.3, 0.4) is 0 Å². The number of carbonyl (C=O) groups is 2. The maximum Gasteiger partial charge on any atom is 0.409 e. The molecule has 0 unspecified atom stereocenters. The Labute approximate surface area is 163 Å². The molecule has 0 spiro atoms. The van der Waals surface area contributed by atoms with Crippen molar-refractivity contribution in [1.82, 2.24) is 19.4 Å². The summed E-state index contributed by atoms with van der Waals surface area (Å²) >= 11 is 1.58. The minimum atomic E-state index is -0.272. The molecule has 1 amide bonds. The van der Waals surface area contributed by atoms with Crippen molar-refractivity contribution in [2.45, 2.75) is 27.7 Å². The average Bonchev–Trinajstić information content (AvgIpc) is 3.18. The molecule has 0 aromatic carbocycles. The Morgan fingerprint density at radius 1 is 1.19 bits per heavy atom. The van der Waals surface area contributed by atoms with Crippen molar-refractivity contribution in [2.75, 3.05) is 39.3 Å². The quantitative estimate of drug-likeness (QED) is 0.735. The summed E-state index contributed by atoms with van der Waals surface area (Å²) in [5, 5.41) is 2.91. The van der Waals surface area contributed by atoms with Gasteiger partial charge in [0.05, 0.1) is 18.8 Å². The number of carbonyl (C=O) groups excluding carboxylic acids is 2. The first-order valence-corrected chi connectivity index (χ1v) is 10.1. The number of Topliss-reactive ketones (excluding diaryl/α,β-unsaturated/α-hetero) is 1. The lowest BCUT2D eigenvalue weighted by Gasteiger charge is -2.33. The van der Waals surface area contributed by atoms with Gasteiger partial charge in [0.1, 0.15) is 0 Å². The molecule has 2 aromatic heterocycles.